The Morgan fingerprint density at radius 2 is 1.97 bits per heavy atom. The molecule has 14 heteroatoms. The molecule has 2 aliphatic rings. The van der Waals surface area contributed by atoms with Crippen LogP contribution in [-0.2, 0) is 28.2 Å². The van der Waals surface area contributed by atoms with Crippen LogP contribution < -0.4 is 14.9 Å². The number of hydrogen-bond donors (Lipinski definition) is 4. The van der Waals surface area contributed by atoms with Crippen LogP contribution >= 0.6 is 7.75 Å². The Hall–Kier alpha value is -2.54. The molecular weight excluding hydrogens is 500 g/mol. The maximum Gasteiger partial charge on any atom is 0.459 e. The van der Waals surface area contributed by atoms with E-state index in [0.29, 0.717) is 0 Å². The lowest BCUT2D eigenvalue weighted by Crippen LogP contribution is -2.55. The number of esters is 1. The zero-order chi connectivity index (χ0) is 26.5. The van der Waals surface area contributed by atoms with E-state index in [4.69, 9.17) is 18.5 Å². The molecule has 0 aliphatic carbocycles. The van der Waals surface area contributed by atoms with Crippen molar-refractivity contribution in [1.29, 1.82) is 0 Å². The third-order valence-corrected chi connectivity index (χ3v) is 7.02. The Morgan fingerprint density at radius 3 is 2.58 bits per heavy atom. The van der Waals surface area contributed by atoms with Gasteiger partial charge in [0.05, 0.1) is 25.5 Å². The Balaban J connectivity index is 1.74. The number of benzene rings is 1. The number of aliphatic hydroxyl groups is 2. The highest BCUT2D eigenvalue weighted by molar-refractivity contribution is 7.52. The van der Waals surface area contributed by atoms with Crippen molar-refractivity contribution < 1.29 is 47.3 Å². The Labute approximate surface area is 207 Å². The van der Waals surface area contributed by atoms with Crippen molar-refractivity contribution in [2.45, 2.75) is 57.7 Å². The first-order valence-electron chi connectivity index (χ1n) is 11.3. The number of halogens is 1. The maximum atomic E-state index is 13.9. The number of nitrogens with one attached hydrogen (secondary N) is 2. The fourth-order valence-corrected chi connectivity index (χ4v) is 5.11. The van der Waals surface area contributed by atoms with Crippen LogP contribution in [0.3, 0.4) is 0 Å². The number of nitrogens with zero attached hydrogens (tertiary/aromatic N) is 1. The number of alkyl halides is 1. The van der Waals surface area contributed by atoms with Gasteiger partial charge in [-0.05, 0) is 32.9 Å². The van der Waals surface area contributed by atoms with Crippen LogP contribution in [-0.4, -0.2) is 77.2 Å². The van der Waals surface area contributed by atoms with Gasteiger partial charge in [0.1, 0.15) is 17.9 Å². The van der Waals surface area contributed by atoms with Gasteiger partial charge in [-0.1, -0.05) is 18.2 Å². The highest BCUT2D eigenvalue weighted by atomic mass is 31.2. The normalized spacial score (nSPS) is 28.5. The third kappa shape index (κ3) is 7.02. The number of para-hydroxylation sites is 1. The van der Waals surface area contributed by atoms with E-state index >= 15 is 0 Å². The van der Waals surface area contributed by atoms with Crippen molar-refractivity contribution in [2.75, 3.05) is 13.3 Å². The lowest BCUT2D eigenvalue weighted by molar-refractivity contribution is -0.152. The molecule has 7 atom stereocenters. The minimum atomic E-state index is -4.25. The number of carbonyl (C=O) groups excluding carboxylic acids is 2. The second kappa shape index (κ2) is 12.1. The zero-order valence-electron chi connectivity index (χ0n) is 20.0. The van der Waals surface area contributed by atoms with Crippen LogP contribution in [0.25, 0.3) is 0 Å². The van der Waals surface area contributed by atoms with E-state index in [1.807, 2.05) is 0 Å². The molecule has 200 valence electrons. The largest absolute Gasteiger partial charge is 0.462 e. The van der Waals surface area contributed by atoms with Gasteiger partial charge in [0.15, 0.2) is 6.23 Å². The fourth-order valence-electron chi connectivity index (χ4n) is 3.61. The van der Waals surface area contributed by atoms with Crippen LogP contribution in [0.1, 0.15) is 20.8 Å². The predicted molar refractivity (Wildman–Crippen MR) is 124 cm³/mol. The van der Waals surface area contributed by atoms with Crippen molar-refractivity contribution in [2.24, 2.45) is 5.92 Å². The molecule has 1 fully saturated rings. The van der Waals surface area contributed by atoms with E-state index in [2.05, 4.69) is 10.4 Å². The summed E-state index contributed by atoms with van der Waals surface area (Å²) in [6, 6.07) is 6.99. The van der Waals surface area contributed by atoms with Gasteiger partial charge in [-0.15, -0.1) is 0 Å². The van der Waals surface area contributed by atoms with E-state index in [1.54, 1.807) is 32.0 Å². The lowest BCUT2D eigenvalue weighted by atomic mass is 10.00. The van der Waals surface area contributed by atoms with E-state index in [-0.39, 0.29) is 5.75 Å². The number of rotatable bonds is 11. The highest BCUT2D eigenvalue weighted by Gasteiger charge is 2.48. The van der Waals surface area contributed by atoms with Crippen molar-refractivity contribution >= 4 is 19.6 Å². The molecule has 1 aromatic rings. The molecule has 0 bridgehead atoms. The number of hydrogen-bond acceptors (Lipinski definition) is 10. The summed E-state index contributed by atoms with van der Waals surface area (Å²) in [6.07, 6.45) is -3.35. The Bertz CT molecular complexity index is 983. The molecule has 0 spiro atoms. The molecule has 2 aliphatic heterocycles. The average molecular weight is 531 g/mol. The number of carbonyl (C=O) groups is 2. The van der Waals surface area contributed by atoms with E-state index in [9.17, 15) is 28.8 Å². The molecule has 3 rings (SSSR count). The van der Waals surface area contributed by atoms with Crippen molar-refractivity contribution in [3.05, 3.63) is 42.6 Å². The SMILES string of the molecule is CC(C)OC(=O)[C@H](C)NP(=O)(OC[C@H]1O[C@@H](N2C=CC(=O)NC2O)[C@H](O)[C@@H]1CF)Oc1ccccc1. The van der Waals surface area contributed by atoms with Crippen molar-refractivity contribution in [3.8, 4) is 5.75 Å². The minimum absolute atomic E-state index is 0.183. The molecule has 36 heavy (non-hydrogen) atoms. The van der Waals surface area contributed by atoms with Crippen LogP contribution in [0.5, 0.6) is 5.75 Å². The molecule has 4 N–H and O–H groups in total. The summed E-state index contributed by atoms with van der Waals surface area (Å²) in [6.45, 7) is 3.24. The van der Waals surface area contributed by atoms with Gasteiger partial charge in [0.2, 0.25) is 12.3 Å². The summed E-state index contributed by atoms with van der Waals surface area (Å²) in [4.78, 5) is 24.8. The van der Waals surface area contributed by atoms with Crippen molar-refractivity contribution in [3.63, 3.8) is 0 Å². The summed E-state index contributed by atoms with van der Waals surface area (Å²) < 4.78 is 49.4. The topological polar surface area (TPSA) is 156 Å². The van der Waals surface area contributed by atoms with Gasteiger partial charge in [0.25, 0.3) is 0 Å². The van der Waals surface area contributed by atoms with Crippen LogP contribution in [0, 0.1) is 5.92 Å². The van der Waals surface area contributed by atoms with Crippen molar-refractivity contribution in [1.82, 2.24) is 15.3 Å². The number of aliphatic hydroxyl groups excluding tert-OH is 2. The van der Waals surface area contributed by atoms with E-state index < -0.39 is 75.8 Å². The molecule has 1 amide bonds. The van der Waals surface area contributed by atoms with Gasteiger partial charge in [-0.3, -0.25) is 18.5 Å². The Kier molecular flexibility index (Phi) is 9.45. The molecular formula is C22H31FN3O9P. The molecule has 12 nitrogen and oxygen atoms in total. The summed E-state index contributed by atoms with van der Waals surface area (Å²) in [5, 5.41) is 25.5. The van der Waals surface area contributed by atoms with Gasteiger partial charge in [-0.2, -0.15) is 5.09 Å². The van der Waals surface area contributed by atoms with Crippen LogP contribution in [0.4, 0.5) is 4.39 Å². The maximum absolute atomic E-state index is 13.9. The molecule has 1 aromatic carbocycles. The van der Waals surface area contributed by atoms with Crippen LogP contribution in [0.15, 0.2) is 42.6 Å². The lowest BCUT2D eigenvalue weighted by Gasteiger charge is -2.35. The Morgan fingerprint density at radius 1 is 1.28 bits per heavy atom. The predicted octanol–water partition coefficient (Wildman–Crippen LogP) is 1.01. The molecule has 2 unspecified atom stereocenters. The molecule has 0 aromatic heterocycles. The van der Waals surface area contributed by atoms with Gasteiger partial charge < -0.3 is 34.4 Å². The highest BCUT2D eigenvalue weighted by Crippen LogP contribution is 2.46. The van der Waals surface area contributed by atoms with Gasteiger partial charge >= 0.3 is 13.7 Å². The first-order chi connectivity index (χ1) is 17.0. The smallest absolute Gasteiger partial charge is 0.459 e. The summed E-state index contributed by atoms with van der Waals surface area (Å²) in [5.74, 6) is -2.17. The molecule has 1 saturated heterocycles. The summed E-state index contributed by atoms with van der Waals surface area (Å²) >= 11 is 0. The number of ether oxygens (including phenoxy) is 2. The second-order valence-electron chi connectivity index (χ2n) is 8.55. The number of amides is 1. The summed E-state index contributed by atoms with van der Waals surface area (Å²) in [7, 11) is -4.25. The van der Waals surface area contributed by atoms with Gasteiger partial charge in [0, 0.05) is 18.2 Å². The fraction of sp³-hybridized carbons (Fsp3) is 0.545. The molecule has 0 radical (unpaired) electrons. The summed E-state index contributed by atoms with van der Waals surface area (Å²) in [5.41, 5.74) is 0. The monoisotopic (exact) mass is 531 g/mol. The quantitative estimate of drug-likeness (QED) is 0.239. The second-order valence-corrected chi connectivity index (χ2v) is 10.2. The first kappa shape index (κ1) is 28.0. The first-order valence-corrected chi connectivity index (χ1v) is 12.9. The molecule has 0 saturated carbocycles. The molecule has 2 heterocycles. The third-order valence-electron chi connectivity index (χ3n) is 5.38. The van der Waals surface area contributed by atoms with Crippen LogP contribution in [0.2, 0.25) is 0 Å². The zero-order valence-corrected chi connectivity index (χ0v) is 20.9. The standard InChI is InChI=1S/C22H31FN3O9P/c1-13(2)33-21(29)14(3)25-36(31,35-15-7-5-4-6-8-15)32-12-17-16(11-23)19(28)20(34-17)26-10-9-18(27)24-22(26)30/h4-10,13-14,16-17,19-20,22,28,30H,11-12H2,1-3H3,(H,24,27)(H,25,31)/t14-,16+,17+,19+,20+,22?,36?/m0/s1. The average Bonchev–Trinajstić information content (AvgIpc) is 3.13. The van der Waals surface area contributed by atoms with E-state index in [0.717, 1.165) is 11.0 Å². The minimum Gasteiger partial charge on any atom is -0.462 e. The van der Waals surface area contributed by atoms with Gasteiger partial charge in [-0.25, -0.2) is 4.57 Å². The van der Waals surface area contributed by atoms with E-state index in [1.165, 1.54) is 25.3 Å².